The van der Waals surface area contributed by atoms with Crippen molar-refractivity contribution >= 4 is 11.7 Å². The van der Waals surface area contributed by atoms with Crippen LogP contribution in [0.2, 0.25) is 0 Å². The van der Waals surface area contributed by atoms with Crippen LogP contribution in [0.15, 0.2) is 24.3 Å². The third-order valence-electron chi connectivity index (χ3n) is 4.51. The van der Waals surface area contributed by atoms with Crippen LogP contribution in [0.1, 0.15) is 45.6 Å². The Hall–Kier alpha value is -1.55. The van der Waals surface area contributed by atoms with Crippen LogP contribution < -0.4 is 15.8 Å². The van der Waals surface area contributed by atoms with E-state index in [1.165, 1.54) is 6.42 Å². The molecule has 2 aliphatic rings. The van der Waals surface area contributed by atoms with Crippen LogP contribution in [0.25, 0.3) is 0 Å². The molecular weight excluding hydrogens is 262 g/mol. The third-order valence-corrected chi connectivity index (χ3v) is 4.51. The van der Waals surface area contributed by atoms with Crippen molar-refractivity contribution in [1.82, 2.24) is 10.7 Å². The Balaban J connectivity index is 1.87. The maximum Gasteiger partial charge on any atom is 0.338 e. The largest absolute Gasteiger partial charge is 0.338 e. The summed E-state index contributed by atoms with van der Waals surface area (Å²) in [5.41, 5.74) is 5.45. The summed E-state index contributed by atoms with van der Waals surface area (Å²) in [5, 5.41) is 4.87. The first-order chi connectivity index (χ1) is 9.79. The number of hydrazine groups is 1. The van der Waals surface area contributed by atoms with Gasteiger partial charge in [-0.2, -0.15) is 0 Å². The lowest BCUT2D eigenvalue weighted by Gasteiger charge is -2.45. The van der Waals surface area contributed by atoms with Crippen LogP contribution >= 0.6 is 0 Å². The van der Waals surface area contributed by atoms with Crippen LogP contribution in [0.4, 0.5) is 10.5 Å². The van der Waals surface area contributed by atoms with Gasteiger partial charge in [-0.05, 0) is 55.2 Å². The standard InChI is InChI=1S/C17H25N3O/c1-12-6-5-7-14(8-12)20-15(21)18-17(19-20)10-13(2)9-16(3,4)11-17/h5-8,13,19H,9-11H2,1-4H3,(H,18,21)/t13-,17+/m0/s1. The summed E-state index contributed by atoms with van der Waals surface area (Å²) in [5.74, 6) is 0.596. The number of hydrogen-bond acceptors (Lipinski definition) is 2. The minimum Gasteiger partial charge on any atom is -0.317 e. The molecule has 1 aliphatic heterocycles. The van der Waals surface area contributed by atoms with Gasteiger partial charge in [-0.25, -0.2) is 15.2 Å². The molecule has 2 amide bonds. The highest BCUT2D eigenvalue weighted by Gasteiger charge is 2.49. The van der Waals surface area contributed by atoms with E-state index in [0.29, 0.717) is 5.92 Å². The number of hydrogen-bond donors (Lipinski definition) is 2. The Morgan fingerprint density at radius 2 is 2.05 bits per heavy atom. The minimum atomic E-state index is -0.304. The summed E-state index contributed by atoms with van der Waals surface area (Å²) in [6.07, 6.45) is 3.14. The van der Waals surface area contributed by atoms with Gasteiger partial charge in [0.15, 0.2) is 0 Å². The normalized spacial score (nSPS) is 31.5. The Kier molecular flexibility index (Phi) is 3.24. The number of anilines is 1. The van der Waals surface area contributed by atoms with Crippen molar-refractivity contribution in [2.24, 2.45) is 11.3 Å². The molecule has 4 heteroatoms. The van der Waals surface area contributed by atoms with Crippen LogP contribution in [-0.2, 0) is 0 Å². The Morgan fingerprint density at radius 3 is 2.71 bits per heavy atom. The number of urea groups is 1. The summed E-state index contributed by atoms with van der Waals surface area (Å²) in [6, 6.07) is 7.97. The maximum atomic E-state index is 12.4. The molecule has 0 unspecified atom stereocenters. The highest BCUT2D eigenvalue weighted by Crippen LogP contribution is 2.44. The van der Waals surface area contributed by atoms with Crippen LogP contribution in [0.3, 0.4) is 0 Å². The minimum absolute atomic E-state index is 0.0505. The molecule has 0 aromatic heterocycles. The average Bonchev–Trinajstić information content (AvgIpc) is 2.62. The van der Waals surface area contributed by atoms with E-state index in [4.69, 9.17) is 0 Å². The predicted molar refractivity (Wildman–Crippen MR) is 84.9 cm³/mol. The number of carbonyl (C=O) groups is 1. The zero-order valence-corrected chi connectivity index (χ0v) is 13.4. The molecule has 1 heterocycles. The smallest absolute Gasteiger partial charge is 0.317 e. The van der Waals surface area contributed by atoms with E-state index < -0.39 is 0 Å². The van der Waals surface area contributed by atoms with Crippen molar-refractivity contribution in [2.45, 2.75) is 52.6 Å². The van der Waals surface area contributed by atoms with Crippen molar-refractivity contribution < 1.29 is 4.79 Å². The van der Waals surface area contributed by atoms with E-state index >= 15 is 0 Å². The first-order valence-electron chi connectivity index (χ1n) is 7.75. The Labute approximate surface area is 126 Å². The molecule has 1 spiro atoms. The second-order valence-electron chi connectivity index (χ2n) is 7.65. The lowest BCUT2D eigenvalue weighted by atomic mass is 9.68. The molecule has 1 aliphatic carbocycles. The van der Waals surface area contributed by atoms with Gasteiger partial charge in [0.2, 0.25) is 0 Å². The first-order valence-corrected chi connectivity index (χ1v) is 7.75. The van der Waals surface area contributed by atoms with E-state index in [0.717, 1.165) is 24.1 Å². The molecule has 1 aromatic rings. The number of benzene rings is 1. The molecule has 2 N–H and O–H groups in total. The van der Waals surface area contributed by atoms with Gasteiger partial charge in [0.25, 0.3) is 0 Å². The zero-order chi connectivity index (χ0) is 15.3. The summed E-state index contributed by atoms with van der Waals surface area (Å²) in [6.45, 7) is 8.88. The van der Waals surface area contributed by atoms with Crippen molar-refractivity contribution in [1.29, 1.82) is 0 Å². The van der Waals surface area contributed by atoms with Gasteiger partial charge in [-0.3, -0.25) is 0 Å². The maximum absolute atomic E-state index is 12.4. The Bertz CT molecular complexity index is 569. The number of nitrogens with one attached hydrogen (secondary N) is 2. The SMILES string of the molecule is Cc1cccc(N2N[C@@]3(C[C@@H](C)CC(C)(C)C3)NC2=O)c1. The topological polar surface area (TPSA) is 44.4 Å². The van der Waals surface area contributed by atoms with Gasteiger partial charge in [0, 0.05) is 0 Å². The molecule has 21 heavy (non-hydrogen) atoms. The fourth-order valence-electron chi connectivity index (χ4n) is 4.25. The van der Waals surface area contributed by atoms with Crippen molar-refractivity contribution in [3.63, 3.8) is 0 Å². The van der Waals surface area contributed by atoms with Crippen molar-refractivity contribution in [3.05, 3.63) is 29.8 Å². The van der Waals surface area contributed by atoms with E-state index in [-0.39, 0.29) is 17.1 Å². The summed E-state index contributed by atoms with van der Waals surface area (Å²) < 4.78 is 0. The fraction of sp³-hybridized carbons (Fsp3) is 0.588. The predicted octanol–water partition coefficient (Wildman–Crippen LogP) is 3.57. The lowest BCUT2D eigenvalue weighted by molar-refractivity contribution is 0.0812. The summed E-state index contributed by atoms with van der Waals surface area (Å²) >= 11 is 0. The molecule has 4 nitrogen and oxygen atoms in total. The van der Waals surface area contributed by atoms with Crippen LogP contribution in [-0.4, -0.2) is 11.7 Å². The van der Waals surface area contributed by atoms with Gasteiger partial charge in [0.05, 0.1) is 5.69 Å². The van der Waals surface area contributed by atoms with Gasteiger partial charge >= 0.3 is 6.03 Å². The molecule has 1 aromatic carbocycles. The van der Waals surface area contributed by atoms with Gasteiger partial charge in [-0.15, -0.1) is 0 Å². The van der Waals surface area contributed by atoms with Crippen LogP contribution in [0, 0.1) is 18.3 Å². The number of aryl methyl sites for hydroxylation is 1. The fourth-order valence-corrected chi connectivity index (χ4v) is 4.25. The average molecular weight is 287 g/mol. The van der Waals surface area contributed by atoms with Gasteiger partial charge in [0.1, 0.15) is 5.66 Å². The Morgan fingerprint density at radius 1 is 1.29 bits per heavy atom. The number of carbonyl (C=O) groups excluding carboxylic acids is 1. The summed E-state index contributed by atoms with van der Waals surface area (Å²) in [4.78, 5) is 12.4. The van der Waals surface area contributed by atoms with Crippen molar-refractivity contribution in [3.8, 4) is 0 Å². The monoisotopic (exact) mass is 287 g/mol. The zero-order valence-electron chi connectivity index (χ0n) is 13.4. The third kappa shape index (κ3) is 2.77. The van der Waals surface area contributed by atoms with E-state index in [9.17, 15) is 4.79 Å². The molecule has 1 saturated heterocycles. The van der Waals surface area contributed by atoms with Gasteiger partial charge in [-0.1, -0.05) is 32.9 Å². The first kappa shape index (κ1) is 14.4. The molecule has 0 bridgehead atoms. The van der Waals surface area contributed by atoms with E-state index in [1.807, 2.05) is 31.2 Å². The molecule has 3 rings (SSSR count). The number of nitrogens with zero attached hydrogens (tertiary/aromatic N) is 1. The second-order valence-corrected chi connectivity index (χ2v) is 7.65. The second kappa shape index (κ2) is 4.73. The van der Waals surface area contributed by atoms with Gasteiger partial charge < -0.3 is 5.32 Å². The highest BCUT2D eigenvalue weighted by molar-refractivity contribution is 5.93. The molecule has 2 atom stereocenters. The number of amides is 2. The van der Waals surface area contributed by atoms with Crippen LogP contribution in [0.5, 0.6) is 0 Å². The van der Waals surface area contributed by atoms with E-state index in [2.05, 4.69) is 31.5 Å². The molecule has 114 valence electrons. The molecule has 1 saturated carbocycles. The highest BCUT2D eigenvalue weighted by atomic mass is 16.2. The molecule has 2 fully saturated rings. The summed E-state index contributed by atoms with van der Waals surface area (Å²) in [7, 11) is 0. The molecular formula is C17H25N3O. The quantitative estimate of drug-likeness (QED) is 0.829. The lowest BCUT2D eigenvalue weighted by Crippen LogP contribution is -2.57. The van der Waals surface area contributed by atoms with E-state index in [1.54, 1.807) is 5.01 Å². The van der Waals surface area contributed by atoms with Crippen molar-refractivity contribution in [2.75, 3.05) is 5.01 Å². The number of rotatable bonds is 1. The molecule has 0 radical (unpaired) electrons.